The number of aromatic nitrogens is 1. The first-order valence-electron chi connectivity index (χ1n) is 7.11. The van der Waals surface area contributed by atoms with Gasteiger partial charge in [0.2, 0.25) is 0 Å². The van der Waals surface area contributed by atoms with Gasteiger partial charge in [0.25, 0.3) is 0 Å². The van der Waals surface area contributed by atoms with Crippen LogP contribution in [0.4, 0.5) is 5.82 Å². The molecule has 0 fully saturated rings. The zero-order valence-corrected chi connectivity index (χ0v) is 13.8. The first-order valence-corrected chi connectivity index (χ1v) is 9.58. The lowest BCUT2D eigenvalue weighted by molar-refractivity contribution is 0.600. The molecule has 1 aliphatic rings. The number of thiocarbonyl (C=S) groups is 1. The fourth-order valence-electron chi connectivity index (χ4n) is 2.50. The third-order valence-corrected chi connectivity index (χ3v) is 4.80. The Bertz CT molecular complexity index is 642. The summed E-state index contributed by atoms with van der Waals surface area (Å²) in [6.45, 7) is 0.536. The Morgan fingerprint density at radius 2 is 2.14 bits per heavy atom. The molecule has 1 heterocycles. The van der Waals surface area contributed by atoms with Gasteiger partial charge in [0.05, 0.1) is 11.3 Å². The lowest BCUT2D eigenvalue weighted by Crippen LogP contribution is -2.19. The summed E-state index contributed by atoms with van der Waals surface area (Å²) in [5, 5.41) is 3.17. The molecule has 1 aromatic rings. The SMILES string of the molecule is CS(=O)(=O)CCCNc1nc2c(cc1C(N)=S)CCCC2. The molecule has 21 heavy (non-hydrogen) atoms. The molecule has 0 radical (unpaired) electrons. The summed E-state index contributed by atoms with van der Waals surface area (Å²) in [4.78, 5) is 4.96. The largest absolute Gasteiger partial charge is 0.389 e. The maximum absolute atomic E-state index is 11.1. The number of nitrogens with one attached hydrogen (secondary N) is 1. The van der Waals surface area contributed by atoms with Crippen LogP contribution in [0, 0.1) is 0 Å². The lowest BCUT2D eigenvalue weighted by Gasteiger charge is -2.19. The van der Waals surface area contributed by atoms with E-state index in [1.807, 2.05) is 6.07 Å². The number of sulfone groups is 1. The van der Waals surface area contributed by atoms with Crippen molar-refractivity contribution in [3.8, 4) is 0 Å². The topological polar surface area (TPSA) is 85.1 Å². The minimum absolute atomic E-state index is 0.160. The molecule has 0 unspecified atom stereocenters. The van der Waals surface area contributed by atoms with Crippen molar-refractivity contribution in [1.82, 2.24) is 4.98 Å². The van der Waals surface area contributed by atoms with Crippen molar-refractivity contribution < 1.29 is 8.42 Å². The fourth-order valence-corrected chi connectivity index (χ4v) is 3.32. The molecule has 0 saturated heterocycles. The number of aryl methyl sites for hydroxylation is 2. The van der Waals surface area contributed by atoms with Gasteiger partial charge in [-0.1, -0.05) is 12.2 Å². The van der Waals surface area contributed by atoms with Crippen LogP contribution < -0.4 is 11.1 Å². The van der Waals surface area contributed by atoms with E-state index in [4.69, 9.17) is 18.0 Å². The van der Waals surface area contributed by atoms with Gasteiger partial charge >= 0.3 is 0 Å². The maximum atomic E-state index is 11.1. The molecule has 5 nitrogen and oxygen atoms in total. The van der Waals surface area contributed by atoms with Crippen LogP contribution in [0.25, 0.3) is 0 Å². The van der Waals surface area contributed by atoms with E-state index >= 15 is 0 Å². The highest BCUT2D eigenvalue weighted by atomic mass is 32.2. The van der Waals surface area contributed by atoms with Gasteiger partial charge in [0, 0.05) is 18.5 Å². The zero-order valence-electron chi connectivity index (χ0n) is 12.2. The second-order valence-electron chi connectivity index (χ2n) is 5.47. The Hall–Kier alpha value is -1.21. The standard InChI is InChI=1S/C14H21N3O2S2/c1-21(18,19)8-4-7-16-14-11(13(15)20)9-10-5-2-3-6-12(10)17-14/h9H,2-8H2,1H3,(H2,15,20)(H,16,17). The van der Waals surface area contributed by atoms with Gasteiger partial charge in [-0.2, -0.15) is 0 Å². The Morgan fingerprint density at radius 3 is 2.81 bits per heavy atom. The van der Waals surface area contributed by atoms with E-state index in [0.29, 0.717) is 23.8 Å². The molecule has 0 amide bonds. The number of nitrogens with two attached hydrogens (primary N) is 1. The molecular weight excluding hydrogens is 306 g/mol. The number of anilines is 1. The molecule has 0 saturated carbocycles. The van der Waals surface area contributed by atoms with Gasteiger partial charge < -0.3 is 11.1 Å². The molecule has 0 bridgehead atoms. The molecule has 1 aromatic heterocycles. The highest BCUT2D eigenvalue weighted by molar-refractivity contribution is 7.90. The molecule has 116 valence electrons. The Balaban J connectivity index is 2.12. The summed E-state index contributed by atoms with van der Waals surface area (Å²) in [5.41, 5.74) is 8.86. The predicted molar refractivity (Wildman–Crippen MR) is 89.6 cm³/mol. The van der Waals surface area contributed by atoms with Crippen molar-refractivity contribution in [1.29, 1.82) is 0 Å². The number of nitrogens with zero attached hydrogens (tertiary/aromatic N) is 1. The van der Waals surface area contributed by atoms with Crippen molar-refractivity contribution >= 4 is 32.9 Å². The number of fused-ring (bicyclic) bond motifs is 1. The van der Waals surface area contributed by atoms with Crippen molar-refractivity contribution in [3.05, 3.63) is 22.9 Å². The van der Waals surface area contributed by atoms with Crippen molar-refractivity contribution in [2.45, 2.75) is 32.1 Å². The van der Waals surface area contributed by atoms with Crippen LogP contribution in [0.3, 0.4) is 0 Å². The minimum atomic E-state index is -2.93. The zero-order chi connectivity index (χ0) is 15.5. The van der Waals surface area contributed by atoms with Gasteiger partial charge in [0.1, 0.15) is 20.6 Å². The summed E-state index contributed by atoms with van der Waals surface area (Å²) < 4.78 is 22.3. The molecule has 0 aromatic carbocycles. The normalized spacial score (nSPS) is 14.5. The lowest BCUT2D eigenvalue weighted by atomic mass is 9.94. The van der Waals surface area contributed by atoms with Crippen LogP contribution in [0.15, 0.2) is 6.07 Å². The number of hydrogen-bond acceptors (Lipinski definition) is 5. The van der Waals surface area contributed by atoms with E-state index in [1.54, 1.807) is 0 Å². The minimum Gasteiger partial charge on any atom is -0.389 e. The summed E-state index contributed by atoms with van der Waals surface area (Å²) in [6.07, 6.45) is 6.10. The van der Waals surface area contributed by atoms with E-state index in [1.165, 1.54) is 18.2 Å². The van der Waals surface area contributed by atoms with Crippen molar-refractivity contribution in [2.24, 2.45) is 5.73 Å². The molecule has 0 aliphatic heterocycles. The molecule has 0 spiro atoms. The van der Waals surface area contributed by atoms with Crippen LogP contribution in [0.5, 0.6) is 0 Å². The Morgan fingerprint density at radius 1 is 1.43 bits per heavy atom. The summed E-state index contributed by atoms with van der Waals surface area (Å²) in [6, 6.07) is 2.03. The van der Waals surface area contributed by atoms with Crippen molar-refractivity contribution in [3.63, 3.8) is 0 Å². The van der Waals surface area contributed by atoms with Gasteiger partial charge in [0.15, 0.2) is 0 Å². The van der Waals surface area contributed by atoms with E-state index in [2.05, 4.69) is 10.3 Å². The maximum Gasteiger partial charge on any atom is 0.147 e. The summed E-state index contributed by atoms with van der Waals surface area (Å²) >= 11 is 5.09. The van der Waals surface area contributed by atoms with E-state index in [-0.39, 0.29) is 5.75 Å². The average molecular weight is 327 g/mol. The molecule has 1 aliphatic carbocycles. The highest BCUT2D eigenvalue weighted by Gasteiger charge is 2.16. The van der Waals surface area contributed by atoms with E-state index in [0.717, 1.165) is 30.5 Å². The van der Waals surface area contributed by atoms with Gasteiger partial charge in [-0.15, -0.1) is 0 Å². The van der Waals surface area contributed by atoms with Crippen LogP contribution in [0.2, 0.25) is 0 Å². The third kappa shape index (κ3) is 4.64. The van der Waals surface area contributed by atoms with Crippen LogP contribution in [0.1, 0.15) is 36.1 Å². The monoisotopic (exact) mass is 327 g/mol. The number of pyridine rings is 1. The van der Waals surface area contributed by atoms with Gasteiger partial charge in [-0.3, -0.25) is 0 Å². The van der Waals surface area contributed by atoms with E-state index in [9.17, 15) is 8.42 Å². The average Bonchev–Trinajstić information content (AvgIpc) is 2.41. The predicted octanol–water partition coefficient (Wildman–Crippen LogP) is 1.44. The summed E-state index contributed by atoms with van der Waals surface area (Å²) in [5.74, 6) is 0.838. The Kier molecular flexibility index (Phi) is 5.16. The van der Waals surface area contributed by atoms with Crippen molar-refractivity contribution in [2.75, 3.05) is 23.9 Å². The molecule has 2 rings (SSSR count). The first kappa shape index (κ1) is 16.2. The second-order valence-corrected chi connectivity index (χ2v) is 8.17. The van der Waals surface area contributed by atoms with Crippen LogP contribution in [-0.2, 0) is 22.7 Å². The number of hydrogen-bond donors (Lipinski definition) is 2. The smallest absolute Gasteiger partial charge is 0.147 e. The second kappa shape index (κ2) is 6.70. The van der Waals surface area contributed by atoms with Crippen LogP contribution in [-0.4, -0.2) is 36.9 Å². The third-order valence-electron chi connectivity index (χ3n) is 3.55. The summed E-state index contributed by atoms with van der Waals surface area (Å²) in [7, 11) is -2.93. The van der Waals surface area contributed by atoms with Crippen LogP contribution >= 0.6 is 12.2 Å². The highest BCUT2D eigenvalue weighted by Crippen LogP contribution is 2.24. The molecule has 0 atom stereocenters. The number of rotatable bonds is 6. The Labute approximate surface area is 131 Å². The van der Waals surface area contributed by atoms with Gasteiger partial charge in [-0.25, -0.2) is 13.4 Å². The first-order chi connectivity index (χ1) is 9.87. The molecular formula is C14H21N3O2S2. The quantitative estimate of drug-likeness (QED) is 0.607. The molecule has 7 heteroatoms. The van der Waals surface area contributed by atoms with E-state index < -0.39 is 9.84 Å². The van der Waals surface area contributed by atoms with Gasteiger partial charge in [-0.05, 0) is 43.7 Å². The molecule has 3 N–H and O–H groups in total. The fraction of sp³-hybridized carbons (Fsp3) is 0.571.